The summed E-state index contributed by atoms with van der Waals surface area (Å²) in [4.78, 5) is 0. The molecule has 1 fully saturated rings. The maximum Gasteiger partial charge on any atom is 0.167 e. The number of methoxy groups -OCH3 is 1. The maximum atomic E-state index is 6.19. The number of nitrogens with two attached hydrogens (primary N) is 1. The predicted molar refractivity (Wildman–Crippen MR) is 72.7 cm³/mol. The van der Waals surface area contributed by atoms with Gasteiger partial charge in [-0.15, -0.1) is 0 Å². The van der Waals surface area contributed by atoms with Gasteiger partial charge in [0, 0.05) is 24.1 Å². The van der Waals surface area contributed by atoms with Crippen molar-refractivity contribution in [2.24, 2.45) is 5.73 Å². The van der Waals surface area contributed by atoms with E-state index >= 15 is 0 Å². The smallest absolute Gasteiger partial charge is 0.167 e. The summed E-state index contributed by atoms with van der Waals surface area (Å²) in [7, 11) is 1.71. The first-order valence-corrected chi connectivity index (χ1v) is 6.85. The SMILES string of the molecule is COCc1c(C2(C(C)N)CC2)ccc2c1OCCO2. The van der Waals surface area contributed by atoms with E-state index in [1.54, 1.807) is 7.11 Å². The van der Waals surface area contributed by atoms with Crippen LogP contribution in [0.3, 0.4) is 0 Å². The van der Waals surface area contributed by atoms with Crippen LogP contribution in [0.15, 0.2) is 12.1 Å². The number of benzene rings is 1. The van der Waals surface area contributed by atoms with Crippen molar-refractivity contribution in [3.63, 3.8) is 0 Å². The Balaban J connectivity index is 2.09. The van der Waals surface area contributed by atoms with E-state index in [4.69, 9.17) is 19.9 Å². The lowest BCUT2D eigenvalue weighted by atomic mass is 9.85. The predicted octanol–water partition coefficient (Wildman–Crippen LogP) is 1.98. The fourth-order valence-electron chi connectivity index (χ4n) is 3.03. The zero-order chi connectivity index (χ0) is 13.5. The minimum Gasteiger partial charge on any atom is -0.486 e. The minimum absolute atomic E-state index is 0.101. The van der Waals surface area contributed by atoms with E-state index in [9.17, 15) is 0 Å². The Kier molecular flexibility index (Phi) is 3.15. The van der Waals surface area contributed by atoms with Gasteiger partial charge in [-0.3, -0.25) is 0 Å². The summed E-state index contributed by atoms with van der Waals surface area (Å²) in [5, 5.41) is 0. The molecule has 4 heteroatoms. The quantitative estimate of drug-likeness (QED) is 0.902. The average molecular weight is 263 g/mol. The van der Waals surface area contributed by atoms with Crippen LogP contribution in [0.5, 0.6) is 11.5 Å². The van der Waals surface area contributed by atoms with Crippen LogP contribution in [0.25, 0.3) is 0 Å². The summed E-state index contributed by atoms with van der Waals surface area (Å²) >= 11 is 0. The lowest BCUT2D eigenvalue weighted by Crippen LogP contribution is -2.33. The van der Waals surface area contributed by atoms with Crippen molar-refractivity contribution in [1.82, 2.24) is 0 Å². The average Bonchev–Trinajstić information content (AvgIpc) is 3.21. The number of hydrogen-bond acceptors (Lipinski definition) is 4. The molecule has 1 atom stereocenters. The molecule has 1 aromatic rings. The minimum atomic E-state index is 0.101. The fraction of sp³-hybridized carbons (Fsp3) is 0.600. The molecular formula is C15H21NO3. The summed E-state index contributed by atoms with van der Waals surface area (Å²) in [6, 6.07) is 4.29. The van der Waals surface area contributed by atoms with E-state index in [-0.39, 0.29) is 11.5 Å². The van der Waals surface area contributed by atoms with E-state index < -0.39 is 0 Å². The third-order valence-electron chi connectivity index (χ3n) is 4.30. The topological polar surface area (TPSA) is 53.7 Å². The summed E-state index contributed by atoms with van der Waals surface area (Å²) in [6.45, 7) is 3.83. The molecule has 3 rings (SSSR count). The van der Waals surface area contributed by atoms with Crippen molar-refractivity contribution < 1.29 is 14.2 Å². The Bertz CT molecular complexity index is 481. The molecule has 104 valence electrons. The molecule has 0 radical (unpaired) electrons. The van der Waals surface area contributed by atoms with Crippen LogP contribution in [0.1, 0.15) is 30.9 Å². The first-order chi connectivity index (χ1) is 9.19. The van der Waals surface area contributed by atoms with Gasteiger partial charge in [-0.1, -0.05) is 6.07 Å². The third kappa shape index (κ3) is 1.99. The first kappa shape index (κ1) is 12.8. The van der Waals surface area contributed by atoms with Gasteiger partial charge in [0.1, 0.15) is 13.2 Å². The van der Waals surface area contributed by atoms with Gasteiger partial charge < -0.3 is 19.9 Å². The second-order valence-electron chi connectivity index (χ2n) is 5.49. The zero-order valence-electron chi connectivity index (χ0n) is 11.6. The van der Waals surface area contributed by atoms with Crippen molar-refractivity contribution in [3.05, 3.63) is 23.3 Å². The van der Waals surface area contributed by atoms with Crippen LogP contribution in [-0.4, -0.2) is 26.4 Å². The van der Waals surface area contributed by atoms with Crippen LogP contribution >= 0.6 is 0 Å². The Morgan fingerprint density at radius 1 is 1.32 bits per heavy atom. The van der Waals surface area contributed by atoms with E-state index in [1.165, 1.54) is 5.56 Å². The van der Waals surface area contributed by atoms with Crippen molar-refractivity contribution in [1.29, 1.82) is 0 Å². The first-order valence-electron chi connectivity index (χ1n) is 6.85. The van der Waals surface area contributed by atoms with Crippen LogP contribution in [0, 0.1) is 0 Å². The van der Waals surface area contributed by atoms with Crippen LogP contribution in [-0.2, 0) is 16.8 Å². The van der Waals surface area contributed by atoms with Gasteiger partial charge in [0.15, 0.2) is 11.5 Å². The van der Waals surface area contributed by atoms with E-state index in [0.29, 0.717) is 19.8 Å². The van der Waals surface area contributed by atoms with Crippen molar-refractivity contribution in [3.8, 4) is 11.5 Å². The van der Waals surface area contributed by atoms with Gasteiger partial charge in [0.2, 0.25) is 0 Å². The highest BCUT2D eigenvalue weighted by atomic mass is 16.6. The molecule has 19 heavy (non-hydrogen) atoms. The molecule has 2 aliphatic rings. The van der Waals surface area contributed by atoms with Gasteiger partial charge in [-0.2, -0.15) is 0 Å². The highest BCUT2D eigenvalue weighted by molar-refractivity contribution is 5.55. The second kappa shape index (κ2) is 4.69. The molecule has 0 saturated heterocycles. The number of rotatable bonds is 4. The molecule has 1 aromatic carbocycles. The summed E-state index contributed by atoms with van der Waals surface area (Å²) in [5.41, 5.74) is 8.67. The molecule has 1 unspecified atom stereocenters. The Morgan fingerprint density at radius 3 is 2.68 bits per heavy atom. The Labute approximate surface area is 113 Å². The Hall–Kier alpha value is -1.26. The lowest BCUT2D eigenvalue weighted by Gasteiger charge is -2.28. The normalized spacial score (nSPS) is 21.0. The summed E-state index contributed by atoms with van der Waals surface area (Å²) < 4.78 is 16.8. The van der Waals surface area contributed by atoms with Crippen molar-refractivity contribution >= 4 is 0 Å². The molecule has 1 heterocycles. The number of ether oxygens (including phenoxy) is 3. The molecule has 0 aromatic heterocycles. The molecule has 0 bridgehead atoms. The monoisotopic (exact) mass is 263 g/mol. The Morgan fingerprint density at radius 2 is 2.05 bits per heavy atom. The molecule has 1 aliphatic carbocycles. The van der Waals surface area contributed by atoms with Crippen molar-refractivity contribution in [2.75, 3.05) is 20.3 Å². The van der Waals surface area contributed by atoms with Gasteiger partial charge in [-0.05, 0) is 31.4 Å². The molecule has 1 aliphatic heterocycles. The molecule has 0 spiro atoms. The summed E-state index contributed by atoms with van der Waals surface area (Å²) in [5.74, 6) is 1.67. The molecule has 0 amide bonds. The van der Waals surface area contributed by atoms with E-state index in [1.807, 2.05) is 6.07 Å². The third-order valence-corrected chi connectivity index (χ3v) is 4.30. The highest BCUT2D eigenvalue weighted by Gasteiger charge is 2.49. The largest absolute Gasteiger partial charge is 0.486 e. The number of hydrogen-bond donors (Lipinski definition) is 1. The van der Waals surface area contributed by atoms with Crippen molar-refractivity contribution in [2.45, 2.75) is 37.8 Å². The van der Waals surface area contributed by atoms with Gasteiger partial charge >= 0.3 is 0 Å². The molecule has 4 nitrogen and oxygen atoms in total. The van der Waals surface area contributed by atoms with E-state index in [0.717, 1.165) is 29.9 Å². The second-order valence-corrected chi connectivity index (χ2v) is 5.49. The van der Waals surface area contributed by atoms with Crippen LogP contribution < -0.4 is 15.2 Å². The number of fused-ring (bicyclic) bond motifs is 1. The highest BCUT2D eigenvalue weighted by Crippen LogP contribution is 2.54. The fourth-order valence-corrected chi connectivity index (χ4v) is 3.03. The maximum absolute atomic E-state index is 6.19. The van der Waals surface area contributed by atoms with Crippen LogP contribution in [0.2, 0.25) is 0 Å². The van der Waals surface area contributed by atoms with E-state index in [2.05, 4.69) is 13.0 Å². The zero-order valence-corrected chi connectivity index (χ0v) is 11.6. The van der Waals surface area contributed by atoms with Gasteiger partial charge in [0.25, 0.3) is 0 Å². The summed E-state index contributed by atoms with van der Waals surface area (Å²) in [6.07, 6.45) is 2.28. The van der Waals surface area contributed by atoms with Crippen LogP contribution in [0.4, 0.5) is 0 Å². The molecule has 1 saturated carbocycles. The van der Waals surface area contributed by atoms with Gasteiger partial charge in [-0.25, -0.2) is 0 Å². The van der Waals surface area contributed by atoms with Gasteiger partial charge in [0.05, 0.1) is 6.61 Å². The molecule has 2 N–H and O–H groups in total. The standard InChI is InChI=1S/C15H21NO3/c1-10(16)15(5-6-15)12-3-4-13-14(11(12)9-17-2)19-8-7-18-13/h3-4,10H,5-9,16H2,1-2H3. The lowest BCUT2D eigenvalue weighted by molar-refractivity contribution is 0.151. The molecular weight excluding hydrogens is 242 g/mol.